The van der Waals surface area contributed by atoms with E-state index < -0.39 is 10.8 Å². The molecule has 0 fully saturated rings. The number of ether oxygens (including phenoxy) is 3. The highest BCUT2D eigenvalue weighted by Crippen LogP contribution is 2.47. The monoisotopic (exact) mass is 437 g/mol. The summed E-state index contributed by atoms with van der Waals surface area (Å²) in [6.45, 7) is 0.123. The normalized spacial score (nSPS) is 16.5. The van der Waals surface area contributed by atoms with Gasteiger partial charge < -0.3 is 19.9 Å². The molecule has 3 heterocycles. The molecule has 0 saturated heterocycles. The van der Waals surface area contributed by atoms with Gasteiger partial charge in [0.05, 0.1) is 22.1 Å². The number of nitriles is 1. The van der Waals surface area contributed by atoms with Crippen LogP contribution >= 0.6 is 11.6 Å². The van der Waals surface area contributed by atoms with Crippen molar-refractivity contribution in [2.45, 2.75) is 5.92 Å². The number of nitrogens with one attached hydrogen (secondary N) is 1. The molecule has 5 rings (SSSR count). The number of nitro groups is 1. The van der Waals surface area contributed by atoms with Crippen LogP contribution < -0.4 is 19.9 Å². The van der Waals surface area contributed by atoms with Crippen molar-refractivity contribution in [2.75, 3.05) is 6.79 Å². The van der Waals surface area contributed by atoms with Crippen LogP contribution in [-0.2, 0) is 0 Å². The first-order chi connectivity index (χ1) is 15.0. The van der Waals surface area contributed by atoms with Gasteiger partial charge in [-0.1, -0.05) is 17.7 Å². The zero-order valence-corrected chi connectivity index (χ0v) is 16.3. The number of benzene rings is 2. The van der Waals surface area contributed by atoms with Gasteiger partial charge in [-0.05, 0) is 29.8 Å². The van der Waals surface area contributed by atoms with Crippen molar-refractivity contribution >= 4 is 17.3 Å². The van der Waals surface area contributed by atoms with Crippen LogP contribution in [0.15, 0.2) is 47.9 Å². The number of nitrogens with two attached hydrogens (primary N) is 1. The van der Waals surface area contributed by atoms with E-state index in [4.69, 9.17) is 31.5 Å². The highest BCUT2D eigenvalue weighted by molar-refractivity contribution is 6.32. The lowest BCUT2D eigenvalue weighted by atomic mass is 9.83. The molecule has 3 aromatic rings. The lowest BCUT2D eigenvalue weighted by Crippen LogP contribution is -2.21. The Labute approximate surface area is 179 Å². The molecule has 0 aliphatic carbocycles. The Morgan fingerprint density at radius 1 is 1.26 bits per heavy atom. The van der Waals surface area contributed by atoms with Gasteiger partial charge in [0, 0.05) is 11.6 Å². The second kappa shape index (κ2) is 6.93. The third-order valence-electron chi connectivity index (χ3n) is 5.10. The number of H-pyrrole nitrogens is 1. The van der Waals surface area contributed by atoms with E-state index in [0.29, 0.717) is 33.9 Å². The molecule has 10 nitrogen and oxygen atoms in total. The zero-order chi connectivity index (χ0) is 21.7. The van der Waals surface area contributed by atoms with Gasteiger partial charge in [0.15, 0.2) is 11.5 Å². The lowest BCUT2D eigenvalue weighted by Gasteiger charge is -2.24. The maximum atomic E-state index is 11.4. The fourth-order valence-electron chi connectivity index (χ4n) is 3.70. The van der Waals surface area contributed by atoms with Crippen LogP contribution in [0, 0.1) is 21.4 Å². The van der Waals surface area contributed by atoms with Crippen LogP contribution in [0.25, 0.3) is 11.3 Å². The highest BCUT2D eigenvalue weighted by Gasteiger charge is 2.36. The van der Waals surface area contributed by atoms with Gasteiger partial charge in [0.1, 0.15) is 16.7 Å². The zero-order valence-electron chi connectivity index (χ0n) is 15.6. The summed E-state index contributed by atoms with van der Waals surface area (Å²) in [7, 11) is 0. The topological polar surface area (TPSA) is 149 Å². The number of hydrogen-bond acceptors (Lipinski definition) is 8. The SMILES string of the molecule is N#CC1=C(N)Oc2n[nH]c(-c3ccc4c(c3)OCO4)c2[C@H]1c1ccc(Cl)c([N+](=O)[O-])c1. The molecule has 0 spiro atoms. The molecule has 3 N–H and O–H groups in total. The van der Waals surface area contributed by atoms with Gasteiger partial charge >= 0.3 is 0 Å². The standard InChI is InChI=1S/C20H12ClN5O5/c21-12-3-1-9(5-13(12)26(27)28)16-11(7-22)19(23)31-20-17(16)18(24-25-20)10-2-4-14-15(6-10)30-8-29-14/h1-6,16H,8,23H2,(H,24,25)/t16-/m0/s1. The molecular weight excluding hydrogens is 426 g/mol. The Morgan fingerprint density at radius 2 is 2.06 bits per heavy atom. The van der Waals surface area contributed by atoms with Crippen LogP contribution in [-0.4, -0.2) is 21.9 Å². The molecule has 11 heteroatoms. The number of rotatable bonds is 3. The van der Waals surface area contributed by atoms with Crippen molar-refractivity contribution in [1.29, 1.82) is 5.26 Å². The summed E-state index contributed by atoms with van der Waals surface area (Å²) in [5, 5.41) is 28.3. The Hall–Kier alpha value is -4.23. The second-order valence-corrected chi connectivity index (χ2v) is 7.19. The fourth-order valence-corrected chi connectivity index (χ4v) is 3.89. The van der Waals surface area contributed by atoms with Crippen molar-refractivity contribution in [2.24, 2.45) is 5.73 Å². The number of fused-ring (bicyclic) bond motifs is 2. The van der Waals surface area contributed by atoms with Crippen molar-refractivity contribution in [3.8, 4) is 34.7 Å². The maximum Gasteiger partial charge on any atom is 0.288 e. The van der Waals surface area contributed by atoms with Gasteiger partial charge in [-0.2, -0.15) is 5.26 Å². The summed E-state index contributed by atoms with van der Waals surface area (Å²) in [6.07, 6.45) is 0. The maximum absolute atomic E-state index is 11.4. The van der Waals surface area contributed by atoms with E-state index in [-0.39, 0.29) is 34.8 Å². The predicted molar refractivity (Wildman–Crippen MR) is 108 cm³/mol. The molecule has 1 atom stereocenters. The van der Waals surface area contributed by atoms with Crippen LogP contribution in [0.3, 0.4) is 0 Å². The number of allylic oxidation sites excluding steroid dienone is 1. The van der Waals surface area contributed by atoms with E-state index in [0.717, 1.165) is 0 Å². The summed E-state index contributed by atoms with van der Waals surface area (Å²) < 4.78 is 16.4. The van der Waals surface area contributed by atoms with Crippen LogP contribution in [0.2, 0.25) is 5.02 Å². The number of aromatic nitrogens is 2. The fraction of sp³-hybridized carbons (Fsp3) is 0.100. The molecule has 2 aromatic carbocycles. The summed E-state index contributed by atoms with van der Waals surface area (Å²) in [5.41, 5.74) is 8.01. The molecule has 0 radical (unpaired) electrons. The number of nitro benzene ring substituents is 1. The molecular formula is C20H12ClN5O5. The van der Waals surface area contributed by atoms with Gasteiger partial charge in [0.25, 0.3) is 5.69 Å². The van der Waals surface area contributed by atoms with Crippen LogP contribution in [0.4, 0.5) is 5.69 Å². The molecule has 0 unspecified atom stereocenters. The Bertz CT molecular complexity index is 1330. The van der Waals surface area contributed by atoms with Gasteiger partial charge in [0.2, 0.25) is 18.6 Å². The van der Waals surface area contributed by atoms with Gasteiger partial charge in [-0.15, -0.1) is 5.10 Å². The number of halogens is 1. The summed E-state index contributed by atoms with van der Waals surface area (Å²) >= 11 is 5.98. The first-order valence-electron chi connectivity index (χ1n) is 8.97. The molecule has 2 aliphatic heterocycles. The Morgan fingerprint density at radius 3 is 2.84 bits per heavy atom. The third kappa shape index (κ3) is 2.91. The molecule has 154 valence electrons. The summed E-state index contributed by atoms with van der Waals surface area (Å²) in [5.74, 6) is 0.462. The van der Waals surface area contributed by atoms with Crippen molar-refractivity contribution in [3.63, 3.8) is 0 Å². The molecule has 2 aliphatic rings. The Kier molecular flexibility index (Phi) is 4.20. The van der Waals surface area contributed by atoms with E-state index in [2.05, 4.69) is 16.3 Å². The lowest BCUT2D eigenvalue weighted by molar-refractivity contribution is -0.384. The quantitative estimate of drug-likeness (QED) is 0.466. The molecule has 1 aromatic heterocycles. The first kappa shape index (κ1) is 18.8. The van der Waals surface area contributed by atoms with Gasteiger partial charge in [-0.25, -0.2) is 0 Å². The second-order valence-electron chi connectivity index (χ2n) is 6.78. The third-order valence-corrected chi connectivity index (χ3v) is 5.42. The molecule has 0 bridgehead atoms. The summed E-state index contributed by atoms with van der Waals surface area (Å²) in [4.78, 5) is 10.8. The highest BCUT2D eigenvalue weighted by atomic mass is 35.5. The number of nitrogens with zero attached hydrogens (tertiary/aromatic N) is 3. The van der Waals surface area contributed by atoms with E-state index >= 15 is 0 Å². The van der Waals surface area contributed by atoms with Crippen LogP contribution in [0.1, 0.15) is 17.0 Å². The number of aromatic amines is 1. The summed E-state index contributed by atoms with van der Waals surface area (Å²) in [6, 6.07) is 11.7. The average Bonchev–Trinajstić information content (AvgIpc) is 3.39. The predicted octanol–water partition coefficient (Wildman–Crippen LogP) is 3.59. The molecule has 0 saturated carbocycles. The van der Waals surface area contributed by atoms with E-state index in [9.17, 15) is 15.4 Å². The van der Waals surface area contributed by atoms with Crippen molar-refractivity contribution in [3.05, 3.63) is 74.1 Å². The smallest absolute Gasteiger partial charge is 0.288 e. The first-order valence-corrected chi connectivity index (χ1v) is 9.35. The minimum absolute atomic E-state index is 0.0142. The van der Waals surface area contributed by atoms with Crippen molar-refractivity contribution in [1.82, 2.24) is 10.2 Å². The van der Waals surface area contributed by atoms with E-state index in [1.807, 2.05) is 0 Å². The Balaban J connectivity index is 1.72. The average molecular weight is 438 g/mol. The van der Waals surface area contributed by atoms with Crippen LogP contribution in [0.5, 0.6) is 17.4 Å². The van der Waals surface area contributed by atoms with E-state index in [1.165, 1.54) is 12.1 Å². The van der Waals surface area contributed by atoms with Crippen molar-refractivity contribution < 1.29 is 19.1 Å². The largest absolute Gasteiger partial charge is 0.454 e. The minimum atomic E-state index is -0.760. The van der Waals surface area contributed by atoms with Gasteiger partial charge in [-0.3, -0.25) is 15.2 Å². The van der Waals surface area contributed by atoms with E-state index in [1.54, 1.807) is 24.3 Å². The molecule has 0 amide bonds. The molecule has 31 heavy (non-hydrogen) atoms. The number of hydrogen-bond donors (Lipinski definition) is 2. The minimum Gasteiger partial charge on any atom is -0.454 e.